The van der Waals surface area contributed by atoms with Crippen molar-refractivity contribution in [2.75, 3.05) is 0 Å². The largest absolute Gasteiger partial charge is 0.423 e. The molecule has 0 radical (unpaired) electrons. The molecule has 6 rings (SSSR count). The molecule has 0 unspecified atom stereocenters. The number of nitrogens with zero attached hydrogens (tertiary/aromatic N) is 4. The highest BCUT2D eigenvalue weighted by molar-refractivity contribution is 5.85. The van der Waals surface area contributed by atoms with Crippen LogP contribution < -0.4 is 11.2 Å². The summed E-state index contributed by atoms with van der Waals surface area (Å²) in [6, 6.07) is 19.5. The number of hydrogen-bond donors (Lipinski definition) is 0. The Morgan fingerprint density at radius 3 is 2.55 bits per heavy atom. The van der Waals surface area contributed by atoms with Crippen LogP contribution in [0.1, 0.15) is 5.56 Å². The highest BCUT2D eigenvalue weighted by atomic mass is 19.1. The van der Waals surface area contributed by atoms with Crippen LogP contribution in [0, 0.1) is 5.82 Å². The molecule has 6 aromatic rings. The molecule has 0 N–H and O–H groups in total. The summed E-state index contributed by atoms with van der Waals surface area (Å²) in [6.07, 6.45) is 1.63. The third kappa shape index (κ3) is 2.91. The number of aryl methyl sites for hydroxylation is 1. The van der Waals surface area contributed by atoms with Crippen LogP contribution in [-0.4, -0.2) is 18.5 Å². The predicted octanol–water partition coefficient (Wildman–Crippen LogP) is 3.95. The molecule has 0 saturated heterocycles. The Balaban J connectivity index is 1.56. The maximum atomic E-state index is 13.5. The van der Waals surface area contributed by atoms with E-state index in [1.54, 1.807) is 25.4 Å². The predicted molar refractivity (Wildman–Crippen MR) is 123 cm³/mol. The number of oxazole rings is 1. The van der Waals surface area contributed by atoms with Crippen molar-refractivity contribution in [3.8, 4) is 11.3 Å². The van der Waals surface area contributed by atoms with Crippen molar-refractivity contribution in [3.05, 3.63) is 105 Å². The molecule has 0 fully saturated rings. The smallest absolute Gasteiger partial charge is 0.332 e. The lowest BCUT2D eigenvalue weighted by atomic mass is 10.0. The molecule has 0 bridgehead atoms. The van der Waals surface area contributed by atoms with Gasteiger partial charge in [-0.05, 0) is 40.6 Å². The molecule has 8 heteroatoms. The van der Waals surface area contributed by atoms with Crippen LogP contribution in [0.5, 0.6) is 0 Å². The first-order chi connectivity index (χ1) is 16.0. The zero-order valence-corrected chi connectivity index (χ0v) is 17.5. The van der Waals surface area contributed by atoms with Gasteiger partial charge in [-0.1, -0.05) is 42.5 Å². The Kier molecular flexibility index (Phi) is 4.10. The van der Waals surface area contributed by atoms with Crippen molar-refractivity contribution in [2.24, 2.45) is 7.05 Å². The summed E-state index contributed by atoms with van der Waals surface area (Å²) in [4.78, 5) is 30.9. The van der Waals surface area contributed by atoms with Gasteiger partial charge < -0.3 is 4.42 Å². The van der Waals surface area contributed by atoms with E-state index in [-0.39, 0.29) is 29.4 Å². The Morgan fingerprint density at radius 2 is 1.73 bits per heavy atom. The van der Waals surface area contributed by atoms with Crippen LogP contribution in [0.25, 0.3) is 39.1 Å². The van der Waals surface area contributed by atoms with E-state index in [2.05, 4.69) is 4.98 Å². The van der Waals surface area contributed by atoms with E-state index in [1.165, 1.54) is 25.7 Å². The van der Waals surface area contributed by atoms with Crippen molar-refractivity contribution in [1.29, 1.82) is 0 Å². The molecule has 3 aromatic heterocycles. The molecule has 162 valence electrons. The number of rotatable bonds is 3. The minimum atomic E-state index is -0.458. The zero-order chi connectivity index (χ0) is 22.7. The minimum absolute atomic E-state index is 0.124. The third-order valence-corrected chi connectivity index (χ3v) is 5.93. The highest BCUT2D eigenvalue weighted by Gasteiger charge is 2.20. The third-order valence-electron chi connectivity index (χ3n) is 5.93. The minimum Gasteiger partial charge on any atom is -0.423 e. The quantitative estimate of drug-likeness (QED) is 0.418. The fourth-order valence-electron chi connectivity index (χ4n) is 4.24. The van der Waals surface area contributed by atoms with Crippen molar-refractivity contribution in [2.45, 2.75) is 6.54 Å². The average molecular weight is 440 g/mol. The van der Waals surface area contributed by atoms with E-state index in [0.29, 0.717) is 11.3 Å². The highest BCUT2D eigenvalue weighted by Crippen LogP contribution is 2.25. The van der Waals surface area contributed by atoms with Gasteiger partial charge in [-0.2, -0.15) is 4.98 Å². The molecule has 0 aliphatic carbocycles. The van der Waals surface area contributed by atoms with Gasteiger partial charge in [-0.3, -0.25) is 18.3 Å². The van der Waals surface area contributed by atoms with Gasteiger partial charge >= 0.3 is 11.5 Å². The monoisotopic (exact) mass is 440 g/mol. The van der Waals surface area contributed by atoms with Crippen LogP contribution in [0.2, 0.25) is 0 Å². The van der Waals surface area contributed by atoms with Crippen LogP contribution in [0.4, 0.5) is 4.39 Å². The molecule has 0 atom stereocenters. The topological polar surface area (TPSA) is 74.4 Å². The number of imidazole rings is 1. The van der Waals surface area contributed by atoms with E-state index in [9.17, 15) is 14.0 Å². The van der Waals surface area contributed by atoms with Crippen molar-refractivity contribution >= 4 is 27.8 Å². The van der Waals surface area contributed by atoms with Gasteiger partial charge in [0.25, 0.3) is 5.56 Å². The summed E-state index contributed by atoms with van der Waals surface area (Å²) in [5, 5.41) is 2.01. The van der Waals surface area contributed by atoms with E-state index in [1.807, 2.05) is 42.5 Å². The molecular weight excluding hydrogens is 423 g/mol. The molecule has 33 heavy (non-hydrogen) atoms. The SMILES string of the molecule is Cn1c(=O)n(Cc2cccc3ccccc23)c(=O)c2c1nc1oc(-c3ccc(F)cc3)cn12. The van der Waals surface area contributed by atoms with Crippen molar-refractivity contribution in [1.82, 2.24) is 18.5 Å². The summed E-state index contributed by atoms with van der Waals surface area (Å²) in [5.74, 6) is 0.263. The van der Waals surface area contributed by atoms with E-state index in [0.717, 1.165) is 16.3 Å². The lowest BCUT2D eigenvalue weighted by Crippen LogP contribution is -2.39. The van der Waals surface area contributed by atoms with Gasteiger partial charge in [-0.25, -0.2) is 9.18 Å². The summed E-state index contributed by atoms with van der Waals surface area (Å²) in [5.41, 5.74) is 1.08. The normalized spacial score (nSPS) is 11.7. The molecule has 0 aliphatic rings. The van der Waals surface area contributed by atoms with Crippen LogP contribution in [-0.2, 0) is 13.6 Å². The van der Waals surface area contributed by atoms with Crippen molar-refractivity contribution in [3.63, 3.8) is 0 Å². The van der Waals surface area contributed by atoms with Gasteiger partial charge in [0.1, 0.15) is 5.82 Å². The zero-order valence-electron chi connectivity index (χ0n) is 17.5. The van der Waals surface area contributed by atoms with Gasteiger partial charge in [0.2, 0.25) is 0 Å². The number of fused-ring (bicyclic) bond motifs is 4. The Labute approximate surface area is 185 Å². The molecule has 7 nitrogen and oxygen atoms in total. The lowest BCUT2D eigenvalue weighted by Gasteiger charge is -2.10. The number of benzene rings is 3. The van der Waals surface area contributed by atoms with Gasteiger partial charge in [0.15, 0.2) is 16.9 Å². The van der Waals surface area contributed by atoms with Crippen LogP contribution in [0.3, 0.4) is 0 Å². The summed E-state index contributed by atoms with van der Waals surface area (Å²) >= 11 is 0. The van der Waals surface area contributed by atoms with E-state index < -0.39 is 11.2 Å². The molecule has 0 spiro atoms. The Bertz CT molecular complexity index is 1800. The Morgan fingerprint density at radius 1 is 0.970 bits per heavy atom. The second kappa shape index (κ2) is 7.03. The first-order valence-corrected chi connectivity index (χ1v) is 10.4. The van der Waals surface area contributed by atoms with Gasteiger partial charge in [-0.15, -0.1) is 0 Å². The molecule has 3 aromatic carbocycles. The second-order valence-electron chi connectivity index (χ2n) is 7.91. The molecule has 0 saturated carbocycles. The molecule has 0 amide bonds. The van der Waals surface area contributed by atoms with Crippen molar-refractivity contribution < 1.29 is 8.81 Å². The maximum absolute atomic E-state index is 13.5. The Hall–Kier alpha value is -4.46. The fraction of sp³-hybridized carbons (Fsp3) is 0.0800. The molecule has 3 heterocycles. The number of halogens is 1. The van der Waals surface area contributed by atoms with Crippen LogP contribution in [0.15, 0.2) is 86.9 Å². The van der Waals surface area contributed by atoms with E-state index >= 15 is 0 Å². The maximum Gasteiger partial charge on any atom is 0.332 e. The van der Waals surface area contributed by atoms with E-state index in [4.69, 9.17) is 4.42 Å². The number of aromatic nitrogens is 4. The second-order valence-corrected chi connectivity index (χ2v) is 7.91. The molecular formula is C25H17FN4O3. The fourth-order valence-corrected chi connectivity index (χ4v) is 4.24. The summed E-state index contributed by atoms with van der Waals surface area (Å²) in [6.45, 7) is 0.124. The van der Waals surface area contributed by atoms with Crippen LogP contribution >= 0.6 is 0 Å². The summed E-state index contributed by atoms with van der Waals surface area (Å²) < 4.78 is 23.2. The first-order valence-electron chi connectivity index (χ1n) is 10.4. The molecule has 0 aliphatic heterocycles. The standard InChI is InChI=1S/C25H17FN4O3/c1-28-22-21(29-14-20(33-24(29)27-22)16-9-11-18(26)12-10-16)23(31)30(25(28)32)13-17-7-4-6-15-5-2-3-8-19(15)17/h2-12,14H,13H2,1H3. The first kappa shape index (κ1) is 19.2. The average Bonchev–Trinajstić information content (AvgIpc) is 3.39. The summed E-state index contributed by atoms with van der Waals surface area (Å²) in [7, 11) is 1.58. The van der Waals surface area contributed by atoms with Gasteiger partial charge in [0, 0.05) is 12.6 Å². The lowest BCUT2D eigenvalue weighted by molar-refractivity contribution is 0.608. The number of hydrogen-bond acceptors (Lipinski definition) is 4. The van der Waals surface area contributed by atoms with Gasteiger partial charge in [0.05, 0.1) is 12.7 Å².